The van der Waals surface area contributed by atoms with Crippen molar-refractivity contribution >= 4 is 6.21 Å². The van der Waals surface area contributed by atoms with E-state index in [1.54, 1.807) is 0 Å². The SMILES string of the molecule is CC=[N+](C)[C-](C)C1CC1C. The van der Waals surface area contributed by atoms with Crippen LogP contribution in [0.15, 0.2) is 0 Å². The zero-order chi connectivity index (χ0) is 7.72. The van der Waals surface area contributed by atoms with E-state index in [0.29, 0.717) is 0 Å². The molecule has 1 fully saturated rings. The van der Waals surface area contributed by atoms with E-state index < -0.39 is 0 Å². The maximum Gasteiger partial charge on any atom is 0.105 e. The zero-order valence-corrected chi connectivity index (χ0v) is 7.39. The second kappa shape index (κ2) is 2.65. The number of hydrogen-bond acceptors (Lipinski definition) is 0. The highest BCUT2D eigenvalue weighted by molar-refractivity contribution is 5.47. The molecule has 1 heteroatoms. The van der Waals surface area contributed by atoms with Gasteiger partial charge >= 0.3 is 0 Å². The fourth-order valence-corrected chi connectivity index (χ4v) is 1.37. The van der Waals surface area contributed by atoms with Crippen molar-refractivity contribution in [3.8, 4) is 0 Å². The first-order chi connectivity index (χ1) is 4.66. The lowest BCUT2D eigenvalue weighted by atomic mass is 10.2. The normalized spacial score (nSPS) is 32.2. The summed E-state index contributed by atoms with van der Waals surface area (Å²) in [5.41, 5.74) is 0. The van der Waals surface area contributed by atoms with Crippen LogP contribution in [0, 0.1) is 17.9 Å². The summed E-state index contributed by atoms with van der Waals surface area (Å²) in [5, 5.41) is 0. The van der Waals surface area contributed by atoms with Gasteiger partial charge in [0.2, 0.25) is 0 Å². The van der Waals surface area contributed by atoms with E-state index in [0.717, 1.165) is 11.8 Å². The van der Waals surface area contributed by atoms with Crippen LogP contribution in [0.25, 0.3) is 0 Å². The monoisotopic (exact) mass is 139 g/mol. The number of hydrogen-bond donors (Lipinski definition) is 0. The van der Waals surface area contributed by atoms with Crippen LogP contribution in [0.2, 0.25) is 0 Å². The zero-order valence-electron chi connectivity index (χ0n) is 7.39. The molecule has 0 aromatic carbocycles. The molecule has 0 heterocycles. The van der Waals surface area contributed by atoms with E-state index in [-0.39, 0.29) is 0 Å². The van der Waals surface area contributed by atoms with E-state index in [1.807, 2.05) is 0 Å². The fraction of sp³-hybridized carbons (Fsp3) is 0.778. The molecule has 1 saturated carbocycles. The molecule has 0 bridgehead atoms. The van der Waals surface area contributed by atoms with Crippen LogP contribution in [0.5, 0.6) is 0 Å². The third-order valence-electron chi connectivity index (χ3n) is 2.59. The highest BCUT2D eigenvalue weighted by atomic mass is 15.0. The first kappa shape index (κ1) is 7.64. The molecule has 1 nitrogen and oxygen atoms in total. The summed E-state index contributed by atoms with van der Waals surface area (Å²) in [7, 11) is 2.13. The Morgan fingerprint density at radius 1 is 1.60 bits per heavy atom. The summed E-state index contributed by atoms with van der Waals surface area (Å²) in [6.45, 7) is 6.63. The molecule has 0 aromatic heterocycles. The molecule has 1 aliphatic carbocycles. The van der Waals surface area contributed by atoms with Gasteiger partial charge in [0.25, 0.3) is 0 Å². The Labute approximate surface area is 63.8 Å². The molecular formula is C9H17N. The van der Waals surface area contributed by atoms with E-state index in [4.69, 9.17) is 0 Å². The Kier molecular flexibility index (Phi) is 2.02. The molecule has 2 unspecified atom stereocenters. The van der Waals surface area contributed by atoms with Gasteiger partial charge < -0.3 is 4.58 Å². The van der Waals surface area contributed by atoms with E-state index in [1.165, 1.54) is 12.5 Å². The number of nitrogens with zero attached hydrogens (tertiary/aromatic N) is 1. The Balaban J connectivity index is 2.42. The average molecular weight is 139 g/mol. The minimum absolute atomic E-state index is 0.876. The van der Waals surface area contributed by atoms with Crippen LogP contribution in [-0.2, 0) is 0 Å². The second-order valence-corrected chi connectivity index (χ2v) is 3.33. The molecule has 1 aliphatic rings. The van der Waals surface area contributed by atoms with Gasteiger partial charge in [-0.25, -0.2) is 0 Å². The van der Waals surface area contributed by atoms with Crippen molar-refractivity contribution in [2.75, 3.05) is 7.05 Å². The van der Waals surface area contributed by atoms with Gasteiger partial charge in [-0.15, -0.1) is 0 Å². The van der Waals surface area contributed by atoms with Crippen molar-refractivity contribution in [3.63, 3.8) is 0 Å². The van der Waals surface area contributed by atoms with Crippen LogP contribution in [0.3, 0.4) is 0 Å². The van der Waals surface area contributed by atoms with Gasteiger partial charge in [0.1, 0.15) is 7.05 Å². The van der Waals surface area contributed by atoms with Gasteiger partial charge in [-0.3, -0.25) is 0 Å². The van der Waals surface area contributed by atoms with E-state index in [2.05, 4.69) is 38.6 Å². The second-order valence-electron chi connectivity index (χ2n) is 3.33. The molecular weight excluding hydrogens is 122 g/mol. The smallest absolute Gasteiger partial charge is 0.105 e. The van der Waals surface area contributed by atoms with Crippen LogP contribution >= 0.6 is 0 Å². The first-order valence-electron chi connectivity index (χ1n) is 4.02. The van der Waals surface area contributed by atoms with Crippen molar-refractivity contribution in [1.82, 2.24) is 0 Å². The Hall–Kier alpha value is -0.460. The van der Waals surface area contributed by atoms with Crippen LogP contribution < -0.4 is 0 Å². The molecule has 0 radical (unpaired) electrons. The van der Waals surface area contributed by atoms with Crippen LogP contribution in [0.4, 0.5) is 0 Å². The van der Waals surface area contributed by atoms with E-state index in [9.17, 15) is 0 Å². The molecule has 58 valence electrons. The number of rotatable bonds is 2. The average Bonchev–Trinajstić information content (AvgIpc) is 2.63. The molecule has 10 heavy (non-hydrogen) atoms. The van der Waals surface area contributed by atoms with Gasteiger partial charge in [0.05, 0.1) is 0 Å². The molecule has 2 atom stereocenters. The predicted molar refractivity (Wildman–Crippen MR) is 44.1 cm³/mol. The minimum Gasteiger partial charge on any atom is -0.369 e. The van der Waals surface area contributed by atoms with Gasteiger partial charge in [-0.05, 0) is 11.8 Å². The molecule has 0 spiro atoms. The molecule has 0 amide bonds. The van der Waals surface area contributed by atoms with Crippen LogP contribution in [0.1, 0.15) is 27.2 Å². The minimum atomic E-state index is 0.876. The van der Waals surface area contributed by atoms with Crippen molar-refractivity contribution in [2.45, 2.75) is 27.2 Å². The lowest BCUT2D eigenvalue weighted by Crippen LogP contribution is -2.13. The third-order valence-corrected chi connectivity index (χ3v) is 2.59. The summed E-state index contributed by atoms with van der Waals surface area (Å²) >= 11 is 0. The lowest BCUT2D eigenvalue weighted by molar-refractivity contribution is -0.482. The first-order valence-corrected chi connectivity index (χ1v) is 4.02. The maximum atomic E-state index is 2.32. The molecule has 0 N–H and O–H groups in total. The van der Waals surface area contributed by atoms with Crippen LogP contribution in [-0.4, -0.2) is 17.8 Å². The largest absolute Gasteiger partial charge is 0.369 e. The molecule has 0 aromatic rings. The van der Waals surface area contributed by atoms with Gasteiger partial charge in [0, 0.05) is 12.3 Å². The quantitative estimate of drug-likeness (QED) is 0.312. The van der Waals surface area contributed by atoms with Gasteiger partial charge in [0.15, 0.2) is 0 Å². The van der Waals surface area contributed by atoms with Gasteiger partial charge in [-0.1, -0.05) is 27.2 Å². The third kappa shape index (κ3) is 1.34. The summed E-state index contributed by atoms with van der Waals surface area (Å²) in [6.07, 6.45) is 3.52. The van der Waals surface area contributed by atoms with Crippen molar-refractivity contribution in [1.29, 1.82) is 0 Å². The summed E-state index contributed by atoms with van der Waals surface area (Å²) in [6, 6.07) is 1.52. The van der Waals surface area contributed by atoms with E-state index >= 15 is 0 Å². The van der Waals surface area contributed by atoms with Crippen molar-refractivity contribution < 1.29 is 4.58 Å². The Bertz CT molecular complexity index is 149. The topological polar surface area (TPSA) is 3.01 Å². The Morgan fingerprint density at radius 3 is 2.40 bits per heavy atom. The molecule has 1 rings (SSSR count). The van der Waals surface area contributed by atoms with Gasteiger partial charge in [-0.2, -0.15) is 0 Å². The van der Waals surface area contributed by atoms with Crippen molar-refractivity contribution in [2.24, 2.45) is 11.8 Å². The maximum absolute atomic E-state index is 2.32. The molecule has 0 aliphatic heterocycles. The Morgan fingerprint density at radius 2 is 2.10 bits per heavy atom. The summed E-state index contributed by atoms with van der Waals surface area (Å²) in [5.74, 6) is 1.81. The summed E-state index contributed by atoms with van der Waals surface area (Å²) < 4.78 is 2.23. The fourth-order valence-electron chi connectivity index (χ4n) is 1.37. The molecule has 0 saturated heterocycles. The highest BCUT2D eigenvalue weighted by Gasteiger charge is 2.36. The summed E-state index contributed by atoms with van der Waals surface area (Å²) in [4.78, 5) is 0. The predicted octanol–water partition coefficient (Wildman–Crippen LogP) is 1.93. The van der Waals surface area contributed by atoms with Crippen molar-refractivity contribution in [3.05, 3.63) is 6.04 Å². The lowest BCUT2D eigenvalue weighted by Gasteiger charge is -2.14. The highest BCUT2D eigenvalue weighted by Crippen LogP contribution is 2.44. The standard InChI is InChI=1S/C9H17N/c1-5-10(4)8(3)9-6-7(9)2/h5,7,9H,6H2,1-4H3.